The van der Waals surface area contributed by atoms with Crippen molar-refractivity contribution < 1.29 is 12.8 Å². The topological polar surface area (TPSA) is 37.4 Å². The van der Waals surface area contributed by atoms with Crippen molar-refractivity contribution in [2.45, 2.75) is 32.5 Å². The van der Waals surface area contributed by atoms with Crippen LogP contribution in [0.15, 0.2) is 0 Å². The quantitative estimate of drug-likeness (QED) is 0.712. The van der Waals surface area contributed by atoms with Crippen LogP contribution in [0.3, 0.4) is 0 Å². The van der Waals surface area contributed by atoms with Crippen LogP contribution in [0.5, 0.6) is 0 Å². The summed E-state index contributed by atoms with van der Waals surface area (Å²) in [4.78, 5) is 2.05. The normalized spacial score (nSPS) is 30.1. The lowest BCUT2D eigenvalue weighted by Crippen LogP contribution is -2.47. The zero-order valence-corrected chi connectivity index (χ0v) is 9.56. The molecule has 0 aliphatic carbocycles. The van der Waals surface area contributed by atoms with Gasteiger partial charge in [0.25, 0.3) is 0 Å². The van der Waals surface area contributed by atoms with Gasteiger partial charge in [-0.25, -0.2) is 12.8 Å². The summed E-state index contributed by atoms with van der Waals surface area (Å²) in [5.74, 6) is 0.436. The van der Waals surface area contributed by atoms with Gasteiger partial charge in [0.15, 0.2) is 9.84 Å². The molecule has 0 amide bonds. The fourth-order valence-electron chi connectivity index (χ4n) is 1.71. The minimum atomic E-state index is -2.84. The lowest BCUT2D eigenvalue weighted by atomic mass is 10.2. The number of sulfone groups is 1. The van der Waals surface area contributed by atoms with Crippen LogP contribution in [-0.4, -0.2) is 50.1 Å². The first-order chi connectivity index (χ1) is 6.41. The predicted octanol–water partition coefficient (Wildman–Crippen LogP) is 0.853. The molecule has 2 atom stereocenters. The summed E-state index contributed by atoms with van der Waals surface area (Å²) in [7, 11) is -2.84. The van der Waals surface area contributed by atoms with Crippen molar-refractivity contribution >= 4 is 9.84 Å². The third-order valence-corrected chi connectivity index (χ3v) is 4.42. The first-order valence-electron chi connectivity index (χ1n) is 4.99. The van der Waals surface area contributed by atoms with Crippen molar-refractivity contribution in [1.29, 1.82) is 0 Å². The summed E-state index contributed by atoms with van der Waals surface area (Å²) in [6.45, 7) is 4.63. The highest BCUT2D eigenvalue weighted by Gasteiger charge is 2.27. The number of hydrogen-bond acceptors (Lipinski definition) is 3. The fourth-order valence-corrected chi connectivity index (χ4v) is 3.33. The van der Waals surface area contributed by atoms with Gasteiger partial charge in [-0.05, 0) is 20.3 Å². The third-order valence-electron chi connectivity index (χ3n) is 2.62. The van der Waals surface area contributed by atoms with E-state index in [9.17, 15) is 12.8 Å². The lowest BCUT2D eigenvalue weighted by Gasteiger charge is -2.33. The van der Waals surface area contributed by atoms with Crippen LogP contribution >= 0.6 is 0 Å². The number of alkyl halides is 1. The second-order valence-corrected chi connectivity index (χ2v) is 6.30. The van der Waals surface area contributed by atoms with Crippen LogP contribution in [0.1, 0.15) is 20.3 Å². The number of hydrogen-bond donors (Lipinski definition) is 0. The van der Waals surface area contributed by atoms with E-state index in [1.807, 2.05) is 6.92 Å². The summed E-state index contributed by atoms with van der Waals surface area (Å²) >= 11 is 0. The van der Waals surface area contributed by atoms with Gasteiger partial charge in [-0.2, -0.15) is 0 Å². The Bertz CT molecular complexity index is 277. The van der Waals surface area contributed by atoms with Gasteiger partial charge in [-0.1, -0.05) is 0 Å². The van der Waals surface area contributed by atoms with E-state index in [1.165, 1.54) is 6.92 Å². The maximum atomic E-state index is 12.6. The molecule has 84 valence electrons. The Morgan fingerprint density at radius 2 is 2.21 bits per heavy atom. The Labute approximate surface area is 85.2 Å². The summed E-state index contributed by atoms with van der Waals surface area (Å²) in [6, 6.07) is 0.0347. The summed E-state index contributed by atoms with van der Waals surface area (Å²) in [5.41, 5.74) is 0. The van der Waals surface area contributed by atoms with E-state index in [0.717, 1.165) is 0 Å². The smallest absolute Gasteiger partial charge is 0.153 e. The van der Waals surface area contributed by atoms with E-state index in [1.54, 1.807) is 0 Å². The molecular weight excluding hydrogens is 205 g/mol. The molecule has 0 radical (unpaired) electrons. The molecule has 0 aromatic carbocycles. The maximum absolute atomic E-state index is 12.6. The molecule has 0 aromatic rings. The van der Waals surface area contributed by atoms with Crippen molar-refractivity contribution in [2.75, 3.05) is 24.6 Å². The Morgan fingerprint density at radius 1 is 1.57 bits per heavy atom. The second kappa shape index (κ2) is 4.57. The van der Waals surface area contributed by atoms with E-state index in [0.29, 0.717) is 19.5 Å². The summed E-state index contributed by atoms with van der Waals surface area (Å²) in [5, 5.41) is 0. The monoisotopic (exact) mass is 223 g/mol. The average molecular weight is 223 g/mol. The Balaban J connectivity index is 2.42. The molecule has 5 heteroatoms. The predicted molar refractivity (Wildman–Crippen MR) is 54.9 cm³/mol. The summed E-state index contributed by atoms with van der Waals surface area (Å²) in [6.07, 6.45) is -0.314. The van der Waals surface area contributed by atoms with Crippen molar-refractivity contribution in [3.8, 4) is 0 Å². The third kappa shape index (κ3) is 3.53. The zero-order chi connectivity index (χ0) is 10.8. The van der Waals surface area contributed by atoms with Crippen molar-refractivity contribution in [3.63, 3.8) is 0 Å². The van der Waals surface area contributed by atoms with Gasteiger partial charge < -0.3 is 0 Å². The van der Waals surface area contributed by atoms with E-state index >= 15 is 0 Å². The van der Waals surface area contributed by atoms with Crippen molar-refractivity contribution in [3.05, 3.63) is 0 Å². The molecule has 1 heterocycles. The molecule has 1 aliphatic rings. The van der Waals surface area contributed by atoms with Crippen molar-refractivity contribution in [1.82, 2.24) is 4.90 Å². The SMILES string of the molecule is CC(F)CCN1CCS(=O)(=O)CC1C. The van der Waals surface area contributed by atoms with Gasteiger partial charge in [-0.3, -0.25) is 4.90 Å². The molecule has 0 aromatic heterocycles. The first-order valence-corrected chi connectivity index (χ1v) is 6.81. The van der Waals surface area contributed by atoms with Crippen LogP contribution in [-0.2, 0) is 9.84 Å². The van der Waals surface area contributed by atoms with Gasteiger partial charge in [0.05, 0.1) is 17.7 Å². The number of halogens is 1. The van der Waals surface area contributed by atoms with Crippen LogP contribution in [0.25, 0.3) is 0 Å². The fraction of sp³-hybridized carbons (Fsp3) is 1.00. The maximum Gasteiger partial charge on any atom is 0.153 e. The van der Waals surface area contributed by atoms with Gasteiger partial charge >= 0.3 is 0 Å². The highest BCUT2D eigenvalue weighted by atomic mass is 32.2. The second-order valence-electron chi connectivity index (χ2n) is 4.07. The minimum Gasteiger partial charge on any atom is -0.299 e. The highest BCUT2D eigenvalue weighted by Crippen LogP contribution is 2.12. The molecule has 3 nitrogen and oxygen atoms in total. The summed E-state index contributed by atoms with van der Waals surface area (Å²) < 4.78 is 35.1. The molecule has 0 spiro atoms. The Hall–Kier alpha value is -0.160. The Kier molecular flexibility index (Phi) is 3.89. The first kappa shape index (κ1) is 11.9. The standard InChI is InChI=1S/C9H18FNO2S/c1-8(10)3-4-11-5-6-14(12,13)7-9(11)2/h8-9H,3-7H2,1-2H3. The minimum absolute atomic E-state index is 0.0347. The molecule has 0 bridgehead atoms. The number of rotatable bonds is 3. The molecular formula is C9H18FNO2S. The van der Waals surface area contributed by atoms with Crippen LogP contribution < -0.4 is 0 Å². The Morgan fingerprint density at radius 3 is 2.71 bits per heavy atom. The molecule has 2 unspecified atom stereocenters. The van der Waals surface area contributed by atoms with Gasteiger partial charge in [0.2, 0.25) is 0 Å². The molecule has 1 saturated heterocycles. The molecule has 1 fully saturated rings. The van der Waals surface area contributed by atoms with Gasteiger partial charge in [0, 0.05) is 19.1 Å². The van der Waals surface area contributed by atoms with E-state index < -0.39 is 16.0 Å². The van der Waals surface area contributed by atoms with E-state index in [2.05, 4.69) is 4.90 Å². The average Bonchev–Trinajstić information content (AvgIpc) is 2.00. The van der Waals surface area contributed by atoms with E-state index in [-0.39, 0.29) is 17.5 Å². The van der Waals surface area contributed by atoms with E-state index in [4.69, 9.17) is 0 Å². The molecule has 14 heavy (non-hydrogen) atoms. The van der Waals surface area contributed by atoms with Crippen LogP contribution in [0.2, 0.25) is 0 Å². The van der Waals surface area contributed by atoms with Crippen molar-refractivity contribution in [2.24, 2.45) is 0 Å². The lowest BCUT2D eigenvalue weighted by molar-refractivity contribution is 0.198. The zero-order valence-electron chi connectivity index (χ0n) is 8.74. The van der Waals surface area contributed by atoms with Gasteiger partial charge in [-0.15, -0.1) is 0 Å². The van der Waals surface area contributed by atoms with Gasteiger partial charge in [0.1, 0.15) is 0 Å². The van der Waals surface area contributed by atoms with Crippen LogP contribution in [0, 0.1) is 0 Å². The molecule has 1 aliphatic heterocycles. The number of nitrogens with zero attached hydrogens (tertiary/aromatic N) is 1. The molecule has 1 rings (SSSR count). The molecule has 0 saturated carbocycles. The highest BCUT2D eigenvalue weighted by molar-refractivity contribution is 7.91. The largest absolute Gasteiger partial charge is 0.299 e. The molecule has 0 N–H and O–H groups in total. The van der Waals surface area contributed by atoms with Crippen LogP contribution in [0.4, 0.5) is 4.39 Å².